The molecule has 0 spiro atoms. The molecular weight excluding hydrogens is 359 g/mol. The Bertz CT molecular complexity index is 604. The Morgan fingerprint density at radius 3 is 2.43 bits per heavy atom. The summed E-state index contributed by atoms with van der Waals surface area (Å²) in [6.45, 7) is 2.96. The van der Waals surface area contributed by atoms with Crippen LogP contribution in [0.4, 0.5) is 4.39 Å². The molecule has 3 nitrogen and oxygen atoms in total. The first-order valence-corrected chi connectivity index (χ1v) is 8.91. The first kappa shape index (κ1) is 17.9. The third kappa shape index (κ3) is 5.90. The van der Waals surface area contributed by atoms with Crippen molar-refractivity contribution >= 4 is 15.9 Å². The van der Waals surface area contributed by atoms with Gasteiger partial charge in [0.05, 0.1) is 18.5 Å². The van der Waals surface area contributed by atoms with Crippen molar-refractivity contribution in [2.45, 2.75) is 45.4 Å². The number of aromatic nitrogens is 2. The molecule has 0 N–H and O–H groups in total. The van der Waals surface area contributed by atoms with Gasteiger partial charge in [-0.25, -0.2) is 9.97 Å². The molecule has 0 radical (unpaired) electrons. The second-order valence-electron chi connectivity index (χ2n) is 5.48. The summed E-state index contributed by atoms with van der Waals surface area (Å²) >= 11 is 3.00. The number of halogens is 2. The lowest BCUT2D eigenvalue weighted by Crippen LogP contribution is -1.97. The highest BCUT2D eigenvalue weighted by Crippen LogP contribution is 2.22. The molecule has 23 heavy (non-hydrogen) atoms. The predicted molar refractivity (Wildman–Crippen MR) is 94.0 cm³/mol. The van der Waals surface area contributed by atoms with E-state index in [1.54, 1.807) is 6.20 Å². The Labute approximate surface area is 145 Å². The van der Waals surface area contributed by atoms with Crippen molar-refractivity contribution in [2.75, 3.05) is 6.61 Å². The van der Waals surface area contributed by atoms with Gasteiger partial charge in [-0.1, -0.05) is 39.0 Å². The van der Waals surface area contributed by atoms with Crippen LogP contribution in [0.3, 0.4) is 0 Å². The molecule has 5 heteroatoms. The predicted octanol–water partition coefficient (Wildman–Crippen LogP) is 5.78. The van der Waals surface area contributed by atoms with Gasteiger partial charge in [-0.2, -0.15) is 4.39 Å². The van der Waals surface area contributed by atoms with Gasteiger partial charge in [0.2, 0.25) is 5.95 Å². The molecule has 0 fully saturated rings. The molecule has 2 rings (SSSR count). The molecule has 2 aromatic rings. The zero-order valence-electron chi connectivity index (χ0n) is 13.4. The summed E-state index contributed by atoms with van der Waals surface area (Å²) in [5.74, 6) is 0.221. The summed E-state index contributed by atoms with van der Waals surface area (Å²) in [4.78, 5) is 7.78. The van der Waals surface area contributed by atoms with Gasteiger partial charge in [0, 0.05) is 5.56 Å². The highest BCUT2D eigenvalue weighted by atomic mass is 79.9. The molecule has 0 bridgehead atoms. The van der Waals surface area contributed by atoms with E-state index < -0.39 is 5.95 Å². The van der Waals surface area contributed by atoms with Gasteiger partial charge in [-0.15, -0.1) is 0 Å². The van der Waals surface area contributed by atoms with Crippen LogP contribution in [0.5, 0.6) is 5.75 Å². The van der Waals surface area contributed by atoms with Crippen LogP contribution in [0, 0.1) is 5.95 Å². The lowest BCUT2D eigenvalue weighted by molar-refractivity contribution is 0.304. The van der Waals surface area contributed by atoms with E-state index in [4.69, 9.17) is 4.74 Å². The van der Waals surface area contributed by atoms with Crippen LogP contribution in [0.15, 0.2) is 35.1 Å². The maximum Gasteiger partial charge on any atom is 0.246 e. The molecule has 1 heterocycles. The fraction of sp³-hybridized carbons (Fsp3) is 0.444. The van der Waals surface area contributed by atoms with Crippen LogP contribution in [0.25, 0.3) is 11.3 Å². The molecule has 0 aliphatic carbocycles. The molecule has 0 saturated heterocycles. The second kappa shape index (κ2) is 9.60. The number of unbranched alkanes of at least 4 members (excludes halogenated alkanes) is 5. The van der Waals surface area contributed by atoms with Crippen molar-refractivity contribution in [3.8, 4) is 17.0 Å². The van der Waals surface area contributed by atoms with E-state index in [9.17, 15) is 4.39 Å². The van der Waals surface area contributed by atoms with Crippen molar-refractivity contribution in [2.24, 2.45) is 0 Å². The summed E-state index contributed by atoms with van der Waals surface area (Å²) in [7, 11) is 0. The maximum atomic E-state index is 13.4. The molecule has 0 amide bonds. The number of hydrogen-bond donors (Lipinski definition) is 0. The minimum absolute atomic E-state index is 0.125. The second-order valence-corrected chi connectivity index (χ2v) is 6.23. The molecule has 0 saturated carbocycles. The maximum absolute atomic E-state index is 13.4. The minimum atomic E-state index is -0.606. The largest absolute Gasteiger partial charge is 0.494 e. The molecule has 0 aliphatic heterocycles. The quantitative estimate of drug-likeness (QED) is 0.516. The Hall–Kier alpha value is -1.49. The van der Waals surface area contributed by atoms with Crippen LogP contribution in [0.1, 0.15) is 45.4 Å². The zero-order valence-corrected chi connectivity index (χ0v) is 15.0. The van der Waals surface area contributed by atoms with Gasteiger partial charge in [0.25, 0.3) is 0 Å². The van der Waals surface area contributed by atoms with Crippen LogP contribution < -0.4 is 4.74 Å². The minimum Gasteiger partial charge on any atom is -0.494 e. The summed E-state index contributed by atoms with van der Waals surface area (Å²) in [5.41, 5.74) is 1.32. The third-order valence-electron chi connectivity index (χ3n) is 3.61. The SMILES string of the molecule is CCCCCCCCOc1ccc(-c2cnc(Br)c(F)n2)cc1. The highest BCUT2D eigenvalue weighted by molar-refractivity contribution is 9.10. The number of ether oxygens (including phenoxy) is 1. The van der Waals surface area contributed by atoms with Crippen LogP contribution in [-0.2, 0) is 0 Å². The lowest BCUT2D eigenvalue weighted by atomic mass is 10.1. The fourth-order valence-electron chi connectivity index (χ4n) is 2.29. The van der Waals surface area contributed by atoms with Gasteiger partial charge in [-0.05, 0) is 46.6 Å². The summed E-state index contributed by atoms with van der Waals surface area (Å²) in [5, 5.41) is 0. The summed E-state index contributed by atoms with van der Waals surface area (Å²) in [6, 6.07) is 7.50. The Balaban J connectivity index is 1.79. The first-order valence-electron chi connectivity index (χ1n) is 8.12. The number of rotatable bonds is 9. The first-order chi connectivity index (χ1) is 11.2. The number of benzene rings is 1. The molecule has 0 unspecified atom stereocenters. The Morgan fingerprint density at radius 2 is 1.74 bits per heavy atom. The monoisotopic (exact) mass is 380 g/mol. The Morgan fingerprint density at radius 1 is 1.04 bits per heavy atom. The Kier molecular flexibility index (Phi) is 7.46. The number of hydrogen-bond acceptors (Lipinski definition) is 3. The van der Waals surface area contributed by atoms with E-state index in [0.717, 1.165) is 24.3 Å². The lowest BCUT2D eigenvalue weighted by Gasteiger charge is -2.07. The van der Waals surface area contributed by atoms with Crippen molar-refractivity contribution in [1.29, 1.82) is 0 Å². The van der Waals surface area contributed by atoms with Crippen LogP contribution >= 0.6 is 15.9 Å². The van der Waals surface area contributed by atoms with E-state index >= 15 is 0 Å². The molecular formula is C18H22BrFN2O. The van der Waals surface area contributed by atoms with Gasteiger partial charge in [-0.3, -0.25) is 0 Å². The third-order valence-corrected chi connectivity index (χ3v) is 4.14. The molecule has 0 aliphatic rings. The highest BCUT2D eigenvalue weighted by Gasteiger charge is 2.06. The van der Waals surface area contributed by atoms with Gasteiger partial charge < -0.3 is 4.74 Å². The van der Waals surface area contributed by atoms with Crippen molar-refractivity contribution in [1.82, 2.24) is 9.97 Å². The smallest absolute Gasteiger partial charge is 0.246 e. The van der Waals surface area contributed by atoms with E-state index in [0.29, 0.717) is 5.69 Å². The van der Waals surface area contributed by atoms with Crippen molar-refractivity contribution in [3.63, 3.8) is 0 Å². The van der Waals surface area contributed by atoms with Crippen LogP contribution in [-0.4, -0.2) is 16.6 Å². The normalized spacial score (nSPS) is 10.7. The summed E-state index contributed by atoms with van der Waals surface area (Å²) in [6.07, 6.45) is 9.03. The van der Waals surface area contributed by atoms with Crippen molar-refractivity contribution in [3.05, 3.63) is 41.0 Å². The van der Waals surface area contributed by atoms with Gasteiger partial charge in [0.15, 0.2) is 4.60 Å². The fourth-order valence-corrected chi connectivity index (χ4v) is 2.48. The van der Waals surface area contributed by atoms with E-state index in [-0.39, 0.29) is 4.60 Å². The zero-order chi connectivity index (χ0) is 16.5. The van der Waals surface area contributed by atoms with E-state index in [1.807, 2.05) is 24.3 Å². The van der Waals surface area contributed by atoms with Crippen LogP contribution in [0.2, 0.25) is 0 Å². The molecule has 1 aromatic heterocycles. The molecule has 1 aromatic carbocycles. The average molecular weight is 381 g/mol. The van der Waals surface area contributed by atoms with E-state index in [1.165, 1.54) is 32.1 Å². The molecule has 0 atom stereocenters. The summed E-state index contributed by atoms with van der Waals surface area (Å²) < 4.78 is 19.3. The molecule has 124 valence electrons. The number of nitrogens with zero attached hydrogens (tertiary/aromatic N) is 2. The van der Waals surface area contributed by atoms with Gasteiger partial charge in [0.1, 0.15) is 5.75 Å². The van der Waals surface area contributed by atoms with Gasteiger partial charge >= 0.3 is 0 Å². The van der Waals surface area contributed by atoms with E-state index in [2.05, 4.69) is 32.8 Å². The standard InChI is InChI=1S/C18H22BrFN2O/c1-2-3-4-5-6-7-12-23-15-10-8-14(9-11-15)16-13-21-17(19)18(20)22-16/h8-11,13H,2-7,12H2,1H3. The topological polar surface area (TPSA) is 35.0 Å². The van der Waals surface area contributed by atoms with Crippen molar-refractivity contribution < 1.29 is 9.13 Å². The average Bonchev–Trinajstić information content (AvgIpc) is 2.57.